The number of terminal acetylenes is 1. The van der Waals surface area contributed by atoms with E-state index in [1.54, 1.807) is 0 Å². The van der Waals surface area contributed by atoms with Gasteiger partial charge in [-0.05, 0) is 41.8 Å². The Morgan fingerprint density at radius 1 is 1.10 bits per heavy atom. The molecule has 0 amide bonds. The summed E-state index contributed by atoms with van der Waals surface area (Å²) in [6.45, 7) is 5.92. The molecule has 1 aliphatic rings. The number of hydrogen-bond acceptors (Lipinski definition) is 4. The molecular weight excluding hydrogens is 370 g/mol. The summed E-state index contributed by atoms with van der Waals surface area (Å²) in [4.78, 5) is 11.6. The fourth-order valence-corrected chi connectivity index (χ4v) is 3.61. The zero-order valence-electron chi connectivity index (χ0n) is 17.4. The lowest BCUT2D eigenvalue weighted by atomic mass is 9.95. The van der Waals surface area contributed by atoms with Crippen molar-refractivity contribution in [3.05, 3.63) is 89.2 Å². The van der Waals surface area contributed by atoms with E-state index < -0.39 is 0 Å². The number of pyridine rings is 1. The molecule has 0 unspecified atom stereocenters. The van der Waals surface area contributed by atoms with E-state index in [4.69, 9.17) is 16.2 Å². The van der Waals surface area contributed by atoms with Crippen LogP contribution in [0.15, 0.2) is 71.9 Å². The van der Waals surface area contributed by atoms with E-state index in [1.807, 2.05) is 36.5 Å². The minimum Gasteiger partial charge on any atom is -0.481 e. The van der Waals surface area contributed by atoms with Gasteiger partial charge in [-0.25, -0.2) is 0 Å². The molecule has 0 spiro atoms. The Bertz CT molecular complexity index is 1080. The van der Waals surface area contributed by atoms with Crippen molar-refractivity contribution in [2.24, 2.45) is 4.99 Å². The standard InChI is InChI=1S/C26H25N3O/c1-4-15-30-23-12-13-25-24(16-23)26(21-10-8-20(9-11-21)19(2)3)28-18-29(25)17-22-7-5-6-14-27-22/h1,5-14,16,19H,15,17-18H2,2-3H3. The van der Waals surface area contributed by atoms with Gasteiger partial charge in [-0.2, -0.15) is 0 Å². The maximum atomic E-state index is 5.69. The van der Waals surface area contributed by atoms with Gasteiger partial charge in [0.25, 0.3) is 0 Å². The third-order valence-corrected chi connectivity index (χ3v) is 5.22. The molecule has 3 aromatic rings. The molecule has 0 saturated carbocycles. The van der Waals surface area contributed by atoms with E-state index in [1.165, 1.54) is 5.56 Å². The monoisotopic (exact) mass is 395 g/mol. The summed E-state index contributed by atoms with van der Waals surface area (Å²) in [5.74, 6) is 3.77. The molecule has 0 saturated heterocycles. The molecule has 2 heterocycles. The Balaban J connectivity index is 1.71. The van der Waals surface area contributed by atoms with Crippen LogP contribution in [0.3, 0.4) is 0 Å². The molecule has 4 rings (SSSR count). The molecule has 150 valence electrons. The highest BCUT2D eigenvalue weighted by Crippen LogP contribution is 2.32. The van der Waals surface area contributed by atoms with Crippen LogP contribution in [0.1, 0.15) is 42.1 Å². The van der Waals surface area contributed by atoms with Crippen molar-refractivity contribution < 1.29 is 4.74 Å². The molecule has 30 heavy (non-hydrogen) atoms. The van der Waals surface area contributed by atoms with Gasteiger partial charge < -0.3 is 9.64 Å². The number of aromatic nitrogens is 1. The van der Waals surface area contributed by atoms with Crippen molar-refractivity contribution in [3.8, 4) is 18.1 Å². The smallest absolute Gasteiger partial charge is 0.148 e. The Morgan fingerprint density at radius 2 is 1.93 bits per heavy atom. The van der Waals surface area contributed by atoms with Gasteiger partial charge in [0.1, 0.15) is 19.0 Å². The zero-order valence-corrected chi connectivity index (χ0v) is 17.4. The van der Waals surface area contributed by atoms with Gasteiger partial charge in [0.05, 0.1) is 18.0 Å². The summed E-state index contributed by atoms with van der Waals surface area (Å²) in [7, 11) is 0. The van der Waals surface area contributed by atoms with Crippen molar-refractivity contribution in [2.75, 3.05) is 18.2 Å². The van der Waals surface area contributed by atoms with Gasteiger partial charge in [0.15, 0.2) is 0 Å². The number of hydrogen-bond donors (Lipinski definition) is 0. The van der Waals surface area contributed by atoms with Gasteiger partial charge in [-0.15, -0.1) is 6.42 Å². The Hall–Kier alpha value is -3.58. The second-order valence-corrected chi connectivity index (χ2v) is 7.62. The molecule has 0 atom stereocenters. The van der Waals surface area contributed by atoms with E-state index >= 15 is 0 Å². The highest BCUT2D eigenvalue weighted by atomic mass is 16.5. The quantitative estimate of drug-likeness (QED) is 0.549. The lowest BCUT2D eigenvalue weighted by Crippen LogP contribution is -2.30. The van der Waals surface area contributed by atoms with Gasteiger partial charge in [0, 0.05) is 23.0 Å². The largest absolute Gasteiger partial charge is 0.481 e. The van der Waals surface area contributed by atoms with Crippen LogP contribution < -0.4 is 9.64 Å². The average molecular weight is 396 g/mol. The molecule has 4 nitrogen and oxygen atoms in total. The van der Waals surface area contributed by atoms with Crippen LogP contribution >= 0.6 is 0 Å². The van der Waals surface area contributed by atoms with Crippen LogP contribution in [0, 0.1) is 12.3 Å². The van der Waals surface area contributed by atoms with Crippen molar-refractivity contribution in [1.82, 2.24) is 4.98 Å². The van der Waals surface area contributed by atoms with Crippen LogP contribution in [0.2, 0.25) is 0 Å². The number of fused-ring (bicyclic) bond motifs is 1. The number of anilines is 1. The van der Waals surface area contributed by atoms with Crippen molar-refractivity contribution in [2.45, 2.75) is 26.3 Å². The summed E-state index contributed by atoms with van der Waals surface area (Å²) < 4.78 is 5.69. The fraction of sp³-hybridized carbons (Fsp3) is 0.231. The SMILES string of the molecule is C#CCOc1ccc2c(c1)C(c1ccc(C(C)C)cc1)=NCN2Cc1ccccn1. The van der Waals surface area contributed by atoms with E-state index in [9.17, 15) is 0 Å². The first-order valence-corrected chi connectivity index (χ1v) is 10.2. The molecule has 0 radical (unpaired) electrons. The fourth-order valence-electron chi connectivity index (χ4n) is 3.61. The van der Waals surface area contributed by atoms with Gasteiger partial charge in [-0.3, -0.25) is 9.98 Å². The van der Waals surface area contributed by atoms with Crippen LogP contribution in [0.4, 0.5) is 5.69 Å². The summed E-state index contributed by atoms with van der Waals surface area (Å²) in [6, 6.07) is 20.7. The zero-order chi connectivity index (χ0) is 20.9. The van der Waals surface area contributed by atoms with Gasteiger partial charge >= 0.3 is 0 Å². The van der Waals surface area contributed by atoms with Crippen LogP contribution in [-0.4, -0.2) is 24.0 Å². The molecule has 0 aliphatic carbocycles. The number of ether oxygens (including phenoxy) is 1. The summed E-state index contributed by atoms with van der Waals surface area (Å²) in [5, 5.41) is 0. The van der Waals surface area contributed by atoms with E-state index in [2.05, 4.69) is 60.0 Å². The molecular formula is C26H25N3O. The minimum absolute atomic E-state index is 0.242. The predicted molar refractivity (Wildman–Crippen MR) is 122 cm³/mol. The first-order valence-electron chi connectivity index (χ1n) is 10.2. The van der Waals surface area contributed by atoms with Crippen molar-refractivity contribution in [3.63, 3.8) is 0 Å². The average Bonchev–Trinajstić information content (AvgIpc) is 2.78. The second kappa shape index (κ2) is 8.84. The Morgan fingerprint density at radius 3 is 2.63 bits per heavy atom. The maximum Gasteiger partial charge on any atom is 0.148 e. The van der Waals surface area contributed by atoms with Crippen molar-refractivity contribution >= 4 is 11.4 Å². The number of nitrogens with zero attached hydrogens (tertiary/aromatic N) is 3. The Labute approximate surface area is 178 Å². The molecule has 4 heteroatoms. The maximum absolute atomic E-state index is 5.69. The lowest BCUT2D eigenvalue weighted by Gasteiger charge is -2.30. The minimum atomic E-state index is 0.242. The van der Waals surface area contributed by atoms with E-state index in [0.29, 0.717) is 19.1 Å². The van der Waals surface area contributed by atoms with Crippen molar-refractivity contribution in [1.29, 1.82) is 0 Å². The lowest BCUT2D eigenvalue weighted by molar-refractivity contribution is 0.370. The second-order valence-electron chi connectivity index (χ2n) is 7.62. The molecule has 1 aliphatic heterocycles. The number of aliphatic imine (C=N–C) groups is 1. The normalized spacial score (nSPS) is 12.9. The first kappa shape index (κ1) is 19.7. The third-order valence-electron chi connectivity index (χ3n) is 5.22. The highest BCUT2D eigenvalue weighted by Gasteiger charge is 2.22. The highest BCUT2D eigenvalue weighted by molar-refractivity contribution is 6.17. The van der Waals surface area contributed by atoms with Gasteiger partial charge in [-0.1, -0.05) is 50.1 Å². The summed E-state index contributed by atoms with van der Waals surface area (Å²) in [5.41, 5.74) is 6.57. The molecule has 1 aromatic heterocycles. The molecule has 0 bridgehead atoms. The Kier molecular flexibility index (Phi) is 5.81. The molecule has 0 fully saturated rings. The van der Waals surface area contributed by atoms with Gasteiger partial charge in [0.2, 0.25) is 0 Å². The third kappa shape index (κ3) is 4.21. The molecule has 2 aromatic carbocycles. The molecule has 0 N–H and O–H groups in total. The number of rotatable bonds is 6. The van der Waals surface area contributed by atoms with Crippen LogP contribution in [0.25, 0.3) is 0 Å². The first-order chi connectivity index (χ1) is 14.7. The van der Waals surface area contributed by atoms with Crippen LogP contribution in [0.5, 0.6) is 5.75 Å². The van der Waals surface area contributed by atoms with Crippen LogP contribution in [-0.2, 0) is 6.54 Å². The summed E-state index contributed by atoms with van der Waals surface area (Å²) in [6.07, 6.45) is 7.19. The number of benzene rings is 2. The topological polar surface area (TPSA) is 37.7 Å². The van der Waals surface area contributed by atoms with E-state index in [0.717, 1.165) is 34.0 Å². The van der Waals surface area contributed by atoms with E-state index in [-0.39, 0.29) is 6.61 Å². The summed E-state index contributed by atoms with van der Waals surface area (Å²) >= 11 is 0. The predicted octanol–water partition coefficient (Wildman–Crippen LogP) is 5.03.